The molecule has 0 unspecified atom stereocenters. The van der Waals surface area contributed by atoms with Crippen LogP contribution in [0.2, 0.25) is 0 Å². The van der Waals surface area contributed by atoms with Gasteiger partial charge in [-0.15, -0.1) is 0 Å². The summed E-state index contributed by atoms with van der Waals surface area (Å²) in [5.74, 6) is 2.02. The molecule has 11 heteroatoms. The van der Waals surface area contributed by atoms with Gasteiger partial charge in [-0.25, -0.2) is 19.7 Å². The van der Waals surface area contributed by atoms with E-state index in [2.05, 4.69) is 39.8 Å². The van der Waals surface area contributed by atoms with Crippen LogP contribution in [-0.4, -0.2) is 39.7 Å². The highest BCUT2D eigenvalue weighted by atomic mass is 16.6. The third-order valence-electron chi connectivity index (χ3n) is 6.66. The zero-order valence-electron chi connectivity index (χ0n) is 26.5. The molecule has 3 aromatic carbocycles. The van der Waals surface area contributed by atoms with Crippen molar-refractivity contribution in [2.24, 2.45) is 0 Å². The summed E-state index contributed by atoms with van der Waals surface area (Å²) in [5, 5.41) is 9.73. The van der Waals surface area contributed by atoms with Crippen molar-refractivity contribution in [3.8, 4) is 17.2 Å². The number of carbonyl (C=O) groups excluding carboxylic acids is 2. The molecule has 46 heavy (non-hydrogen) atoms. The summed E-state index contributed by atoms with van der Waals surface area (Å²) < 4.78 is 16.9. The number of amides is 2. The van der Waals surface area contributed by atoms with Gasteiger partial charge in [0.25, 0.3) is 5.91 Å². The van der Waals surface area contributed by atoms with E-state index < -0.39 is 11.7 Å². The summed E-state index contributed by atoms with van der Waals surface area (Å²) in [6.07, 6.45) is 0.902. The lowest BCUT2D eigenvalue weighted by Crippen LogP contribution is -2.27. The zero-order valence-corrected chi connectivity index (χ0v) is 26.5. The minimum absolute atomic E-state index is 0.242. The van der Waals surface area contributed by atoms with Gasteiger partial charge in [0, 0.05) is 22.6 Å². The average molecular weight is 621 g/mol. The fourth-order valence-electron chi connectivity index (χ4n) is 4.42. The quantitative estimate of drug-likeness (QED) is 0.149. The Hall–Kier alpha value is -5.71. The van der Waals surface area contributed by atoms with E-state index in [1.54, 1.807) is 94.6 Å². The molecule has 2 heterocycles. The van der Waals surface area contributed by atoms with Crippen molar-refractivity contribution in [1.82, 2.24) is 15.0 Å². The smallest absolute Gasteiger partial charge is 0.412 e. The summed E-state index contributed by atoms with van der Waals surface area (Å²) in [6, 6.07) is 22.9. The van der Waals surface area contributed by atoms with Crippen molar-refractivity contribution in [3.05, 3.63) is 96.4 Å². The number of anilines is 4. The fourth-order valence-corrected chi connectivity index (χ4v) is 4.42. The Morgan fingerprint density at radius 3 is 2.30 bits per heavy atom. The molecule has 0 aliphatic rings. The molecular weight excluding hydrogens is 584 g/mol. The highest BCUT2D eigenvalue weighted by Crippen LogP contribution is 2.36. The predicted molar refractivity (Wildman–Crippen MR) is 178 cm³/mol. The van der Waals surface area contributed by atoms with Crippen LogP contribution in [0.15, 0.2) is 85.2 Å². The van der Waals surface area contributed by atoms with E-state index in [1.165, 1.54) is 6.33 Å². The van der Waals surface area contributed by atoms with E-state index >= 15 is 0 Å². The fraction of sp³-hybridized carbons (Fsp3) is 0.229. The van der Waals surface area contributed by atoms with Crippen molar-refractivity contribution in [1.29, 1.82) is 0 Å². The number of hydrogen-bond donors (Lipinski definition) is 3. The molecule has 0 saturated heterocycles. The molecule has 2 amide bonds. The van der Waals surface area contributed by atoms with Crippen LogP contribution in [-0.2, 0) is 4.74 Å². The first-order valence-electron chi connectivity index (χ1n) is 14.7. The van der Waals surface area contributed by atoms with Crippen LogP contribution < -0.4 is 25.4 Å². The molecule has 0 aliphatic heterocycles. The van der Waals surface area contributed by atoms with Gasteiger partial charge in [0.05, 0.1) is 18.2 Å². The number of rotatable bonds is 9. The highest BCUT2D eigenvalue weighted by Gasteiger charge is 2.17. The summed E-state index contributed by atoms with van der Waals surface area (Å²) in [7, 11) is 1.55. The summed E-state index contributed by atoms with van der Waals surface area (Å²) >= 11 is 0. The van der Waals surface area contributed by atoms with Gasteiger partial charge in [0.2, 0.25) is 0 Å². The van der Waals surface area contributed by atoms with Gasteiger partial charge in [-0.05, 0) is 99.5 Å². The molecule has 3 N–H and O–H groups in total. The molecular formula is C35H36N6O5. The Balaban J connectivity index is 1.44. The zero-order chi connectivity index (χ0) is 32.8. The van der Waals surface area contributed by atoms with Crippen molar-refractivity contribution in [2.45, 2.75) is 46.1 Å². The number of pyridine rings is 1. The topological polar surface area (TPSA) is 137 Å². The van der Waals surface area contributed by atoms with Crippen molar-refractivity contribution in [2.75, 3.05) is 23.1 Å². The Morgan fingerprint density at radius 1 is 0.826 bits per heavy atom. The molecule has 0 saturated carbocycles. The van der Waals surface area contributed by atoms with Gasteiger partial charge in [-0.1, -0.05) is 19.9 Å². The maximum atomic E-state index is 13.1. The summed E-state index contributed by atoms with van der Waals surface area (Å²) in [5.41, 5.74) is 2.93. The number of benzene rings is 3. The average Bonchev–Trinajstić information content (AvgIpc) is 3.02. The normalized spacial score (nSPS) is 11.2. The lowest BCUT2D eigenvalue weighted by molar-refractivity contribution is 0.0635. The Bertz CT molecular complexity index is 1870. The van der Waals surface area contributed by atoms with E-state index in [9.17, 15) is 9.59 Å². The van der Waals surface area contributed by atoms with Crippen LogP contribution in [0.3, 0.4) is 0 Å². The maximum Gasteiger partial charge on any atom is 0.412 e. The van der Waals surface area contributed by atoms with Gasteiger partial charge in [-0.3, -0.25) is 10.1 Å². The molecule has 0 aliphatic carbocycles. The molecule has 11 nitrogen and oxygen atoms in total. The highest BCUT2D eigenvalue weighted by molar-refractivity contribution is 6.05. The second-order valence-corrected chi connectivity index (χ2v) is 11.8. The standard InChI is InChI=1S/C35H36N6O5/c1-21(2)28-16-15-27-31(40-28)36-20-37-32(27)41-29-19-24(38-33(42)22-8-7-9-26(18-22)44-6)12-17-30(29)45-25-13-10-23(11-14-25)39-34(43)46-35(3,4)5/h7-21H,1-6H3,(H,38,42)(H,39,43)(H,36,37,40,41). The number of nitrogens with one attached hydrogen (secondary N) is 3. The Labute approximate surface area is 267 Å². The van der Waals surface area contributed by atoms with E-state index in [0.717, 1.165) is 11.1 Å². The summed E-state index contributed by atoms with van der Waals surface area (Å²) in [6.45, 7) is 9.55. The number of carbonyl (C=O) groups is 2. The SMILES string of the molecule is COc1cccc(C(=O)Nc2ccc(Oc3ccc(NC(=O)OC(C)(C)C)cc3)c(Nc3ncnc4nc(C(C)C)ccc34)c2)c1. The first-order chi connectivity index (χ1) is 22.0. The van der Waals surface area contributed by atoms with Crippen LogP contribution in [0.4, 0.5) is 27.7 Å². The third kappa shape index (κ3) is 8.06. The first-order valence-corrected chi connectivity index (χ1v) is 14.7. The molecule has 0 bridgehead atoms. The number of methoxy groups -OCH3 is 1. The van der Waals surface area contributed by atoms with Crippen LogP contribution in [0, 0.1) is 0 Å². The third-order valence-corrected chi connectivity index (χ3v) is 6.66. The van der Waals surface area contributed by atoms with E-state index in [0.29, 0.717) is 51.3 Å². The molecule has 5 rings (SSSR count). The first kappa shape index (κ1) is 31.7. The molecule has 0 radical (unpaired) electrons. The largest absolute Gasteiger partial charge is 0.497 e. The number of aromatic nitrogens is 3. The van der Waals surface area contributed by atoms with E-state index in [4.69, 9.17) is 19.2 Å². The molecule has 0 spiro atoms. The molecule has 2 aromatic heterocycles. The lowest BCUT2D eigenvalue weighted by atomic mass is 10.1. The van der Waals surface area contributed by atoms with Crippen LogP contribution in [0.5, 0.6) is 17.2 Å². The lowest BCUT2D eigenvalue weighted by Gasteiger charge is -2.19. The minimum atomic E-state index is -0.613. The predicted octanol–water partition coefficient (Wildman–Crippen LogP) is 8.29. The second kappa shape index (κ2) is 13.5. The summed E-state index contributed by atoms with van der Waals surface area (Å²) in [4.78, 5) is 38.8. The number of nitrogens with zero attached hydrogens (tertiary/aromatic N) is 3. The maximum absolute atomic E-state index is 13.1. The van der Waals surface area contributed by atoms with Crippen LogP contribution in [0.1, 0.15) is 56.6 Å². The van der Waals surface area contributed by atoms with Crippen molar-refractivity contribution >= 4 is 45.9 Å². The number of ether oxygens (including phenoxy) is 3. The minimum Gasteiger partial charge on any atom is -0.497 e. The van der Waals surface area contributed by atoms with Gasteiger partial charge >= 0.3 is 6.09 Å². The van der Waals surface area contributed by atoms with Gasteiger partial charge < -0.3 is 24.8 Å². The van der Waals surface area contributed by atoms with Crippen LogP contribution in [0.25, 0.3) is 11.0 Å². The Kier molecular flexibility index (Phi) is 9.31. The molecule has 0 atom stereocenters. The van der Waals surface area contributed by atoms with Gasteiger partial charge in [0.1, 0.15) is 29.2 Å². The van der Waals surface area contributed by atoms with Crippen LogP contribution >= 0.6 is 0 Å². The van der Waals surface area contributed by atoms with Gasteiger partial charge in [0.15, 0.2) is 11.4 Å². The van der Waals surface area contributed by atoms with Crippen molar-refractivity contribution in [3.63, 3.8) is 0 Å². The number of hydrogen-bond acceptors (Lipinski definition) is 9. The second-order valence-electron chi connectivity index (χ2n) is 11.8. The number of fused-ring (bicyclic) bond motifs is 1. The van der Waals surface area contributed by atoms with E-state index in [1.807, 2.05) is 12.1 Å². The molecule has 5 aromatic rings. The Morgan fingerprint density at radius 2 is 1.59 bits per heavy atom. The monoisotopic (exact) mass is 620 g/mol. The van der Waals surface area contributed by atoms with E-state index in [-0.39, 0.29) is 11.8 Å². The molecule has 0 fully saturated rings. The molecule has 236 valence electrons. The van der Waals surface area contributed by atoms with Gasteiger partial charge in [-0.2, -0.15) is 0 Å². The van der Waals surface area contributed by atoms with Crippen molar-refractivity contribution < 1.29 is 23.8 Å².